The van der Waals surface area contributed by atoms with Crippen LogP contribution in [0.4, 0.5) is 5.82 Å². The summed E-state index contributed by atoms with van der Waals surface area (Å²) in [6, 6.07) is 3.50. The number of hydrogen-bond acceptors (Lipinski definition) is 5. The second-order valence-corrected chi connectivity index (χ2v) is 5.43. The second kappa shape index (κ2) is 6.30. The summed E-state index contributed by atoms with van der Waals surface area (Å²) < 4.78 is 5.71. The van der Waals surface area contributed by atoms with Gasteiger partial charge in [0.2, 0.25) is 0 Å². The molecule has 2 N–H and O–H groups in total. The van der Waals surface area contributed by atoms with Crippen LogP contribution in [0.25, 0.3) is 11.4 Å². The van der Waals surface area contributed by atoms with Gasteiger partial charge in [0.25, 0.3) is 0 Å². The highest BCUT2D eigenvalue weighted by atomic mass is 79.9. The van der Waals surface area contributed by atoms with Crippen molar-refractivity contribution in [3.63, 3.8) is 0 Å². The number of halogens is 1. The molecule has 0 spiro atoms. The van der Waals surface area contributed by atoms with E-state index in [0.29, 0.717) is 16.0 Å². The first-order valence-corrected chi connectivity index (χ1v) is 7.43. The van der Waals surface area contributed by atoms with Gasteiger partial charge in [0.1, 0.15) is 5.82 Å². The molecule has 0 aliphatic rings. The second-order valence-electron chi connectivity index (χ2n) is 4.57. The molecule has 1 heterocycles. The zero-order valence-corrected chi connectivity index (χ0v) is 14.1. The van der Waals surface area contributed by atoms with Gasteiger partial charge in [-0.15, -0.1) is 0 Å². The van der Waals surface area contributed by atoms with Crippen LogP contribution in [0.1, 0.15) is 18.2 Å². The molecule has 0 atom stereocenters. The fraction of sp³-hybridized carbons (Fsp3) is 0.333. The summed E-state index contributed by atoms with van der Waals surface area (Å²) in [7, 11) is 3.36. The van der Waals surface area contributed by atoms with Crippen molar-refractivity contribution in [2.24, 2.45) is 0 Å². The molecule has 2 rings (SSSR count). The van der Waals surface area contributed by atoms with E-state index in [-0.39, 0.29) is 5.75 Å². The van der Waals surface area contributed by atoms with E-state index in [9.17, 15) is 5.11 Å². The molecule has 0 aliphatic heterocycles. The summed E-state index contributed by atoms with van der Waals surface area (Å²) in [6.07, 6.45) is 0.866. The molecule has 0 amide bonds. The third-order valence-corrected chi connectivity index (χ3v) is 3.92. The number of hydrogen-bond donors (Lipinski definition) is 2. The maximum Gasteiger partial charge on any atom is 0.172 e. The number of nitrogens with zero attached hydrogens (tertiary/aromatic N) is 2. The molecule has 0 saturated carbocycles. The van der Waals surface area contributed by atoms with Crippen molar-refractivity contribution >= 4 is 21.7 Å². The van der Waals surface area contributed by atoms with E-state index in [1.807, 2.05) is 14.0 Å². The Hall–Kier alpha value is -1.82. The summed E-state index contributed by atoms with van der Waals surface area (Å²) >= 11 is 3.32. The fourth-order valence-corrected chi connectivity index (χ4v) is 2.66. The van der Waals surface area contributed by atoms with Crippen molar-refractivity contribution < 1.29 is 9.84 Å². The van der Waals surface area contributed by atoms with Crippen molar-refractivity contribution in [1.82, 2.24) is 9.97 Å². The summed E-state index contributed by atoms with van der Waals surface area (Å²) in [4.78, 5) is 9.12. The highest BCUT2D eigenvalue weighted by Crippen LogP contribution is 2.38. The number of rotatable bonds is 4. The van der Waals surface area contributed by atoms with Crippen molar-refractivity contribution in [2.45, 2.75) is 20.3 Å². The molecule has 5 nitrogen and oxygen atoms in total. The molecule has 2 aromatic rings. The molecule has 1 aromatic heterocycles. The van der Waals surface area contributed by atoms with E-state index in [4.69, 9.17) is 4.74 Å². The first-order valence-electron chi connectivity index (χ1n) is 6.63. The monoisotopic (exact) mass is 351 g/mol. The van der Waals surface area contributed by atoms with Crippen LogP contribution in [0.5, 0.6) is 11.5 Å². The Kier molecular flexibility index (Phi) is 4.67. The number of nitrogens with one attached hydrogen (secondary N) is 1. The zero-order valence-electron chi connectivity index (χ0n) is 12.5. The van der Waals surface area contributed by atoms with Gasteiger partial charge >= 0.3 is 0 Å². The quantitative estimate of drug-likeness (QED) is 0.881. The minimum absolute atomic E-state index is 0.0667. The van der Waals surface area contributed by atoms with Gasteiger partial charge in [-0.2, -0.15) is 0 Å². The fourth-order valence-electron chi connectivity index (χ4n) is 2.21. The first-order chi connectivity index (χ1) is 10.0. The number of anilines is 1. The van der Waals surface area contributed by atoms with Crippen molar-refractivity contribution in [1.29, 1.82) is 0 Å². The maximum absolute atomic E-state index is 9.88. The van der Waals surface area contributed by atoms with Gasteiger partial charge in [0.05, 0.1) is 11.6 Å². The van der Waals surface area contributed by atoms with E-state index in [1.165, 1.54) is 7.11 Å². The highest BCUT2D eigenvalue weighted by Gasteiger charge is 2.14. The van der Waals surface area contributed by atoms with Crippen LogP contribution < -0.4 is 10.1 Å². The number of methoxy groups -OCH3 is 1. The molecule has 0 saturated heterocycles. The van der Waals surface area contributed by atoms with E-state index in [2.05, 4.69) is 38.1 Å². The molecule has 21 heavy (non-hydrogen) atoms. The number of benzene rings is 1. The predicted molar refractivity (Wildman–Crippen MR) is 87.0 cm³/mol. The van der Waals surface area contributed by atoms with Crippen LogP contribution in [0.15, 0.2) is 16.6 Å². The van der Waals surface area contributed by atoms with E-state index < -0.39 is 0 Å². The maximum atomic E-state index is 9.88. The molecule has 0 fully saturated rings. The largest absolute Gasteiger partial charge is 0.503 e. The molecule has 6 heteroatoms. The standard InChI is InChI=1S/C15H18BrN3O2/c1-5-10-8(2)18-14(19-15(10)17-3)9-6-11(16)13(20)12(7-9)21-4/h6-7,20H,5H2,1-4H3,(H,17,18,19). The summed E-state index contributed by atoms with van der Waals surface area (Å²) in [6.45, 7) is 4.05. The van der Waals surface area contributed by atoms with Gasteiger partial charge in [-0.25, -0.2) is 9.97 Å². The zero-order chi connectivity index (χ0) is 15.6. The van der Waals surface area contributed by atoms with Gasteiger partial charge in [0, 0.05) is 23.9 Å². The Morgan fingerprint density at radius 3 is 2.62 bits per heavy atom. The van der Waals surface area contributed by atoms with Crippen LogP contribution in [-0.4, -0.2) is 29.2 Å². The average Bonchev–Trinajstić information content (AvgIpc) is 2.48. The topological polar surface area (TPSA) is 67.3 Å². The summed E-state index contributed by atoms with van der Waals surface area (Å²) in [5.74, 6) is 1.86. The highest BCUT2D eigenvalue weighted by molar-refractivity contribution is 9.10. The van der Waals surface area contributed by atoms with Gasteiger partial charge in [0.15, 0.2) is 17.3 Å². The molecular weight excluding hydrogens is 334 g/mol. The third kappa shape index (κ3) is 2.95. The Morgan fingerprint density at radius 1 is 1.33 bits per heavy atom. The van der Waals surface area contributed by atoms with Crippen LogP contribution in [0.2, 0.25) is 0 Å². The Balaban J connectivity index is 2.62. The summed E-state index contributed by atoms with van der Waals surface area (Å²) in [5.41, 5.74) is 2.82. The Labute approximate surface area is 132 Å². The predicted octanol–water partition coefficient (Wildman–Crippen LogP) is 3.53. The summed E-state index contributed by atoms with van der Waals surface area (Å²) in [5, 5.41) is 13.0. The molecule has 0 aliphatic carbocycles. The Morgan fingerprint density at radius 2 is 2.05 bits per heavy atom. The van der Waals surface area contributed by atoms with Gasteiger partial charge in [-0.3, -0.25) is 0 Å². The van der Waals surface area contributed by atoms with Crippen LogP contribution in [0.3, 0.4) is 0 Å². The van der Waals surface area contributed by atoms with Gasteiger partial charge in [-0.05, 0) is 41.4 Å². The molecule has 1 aromatic carbocycles. The minimum Gasteiger partial charge on any atom is -0.503 e. The smallest absolute Gasteiger partial charge is 0.172 e. The molecular formula is C15H18BrN3O2. The molecule has 112 valence electrons. The lowest BCUT2D eigenvalue weighted by Gasteiger charge is -2.13. The number of phenolic OH excluding ortho intramolecular Hbond substituents is 1. The van der Waals surface area contributed by atoms with Crippen LogP contribution in [-0.2, 0) is 6.42 Å². The van der Waals surface area contributed by atoms with E-state index >= 15 is 0 Å². The number of aromatic nitrogens is 2. The molecule has 0 bridgehead atoms. The van der Waals surface area contributed by atoms with Crippen molar-refractivity contribution in [3.8, 4) is 22.9 Å². The Bertz CT molecular complexity index is 674. The number of phenols is 1. The average molecular weight is 352 g/mol. The van der Waals surface area contributed by atoms with Crippen molar-refractivity contribution in [2.75, 3.05) is 19.5 Å². The first kappa shape index (κ1) is 15.6. The number of aromatic hydroxyl groups is 1. The number of ether oxygens (including phenoxy) is 1. The third-order valence-electron chi connectivity index (χ3n) is 3.31. The molecule has 0 radical (unpaired) electrons. The van der Waals surface area contributed by atoms with Crippen molar-refractivity contribution in [3.05, 3.63) is 27.9 Å². The van der Waals surface area contributed by atoms with E-state index in [0.717, 1.165) is 29.1 Å². The SMILES string of the molecule is CCc1c(C)nc(-c2cc(Br)c(O)c(OC)c2)nc1NC. The lowest BCUT2D eigenvalue weighted by molar-refractivity contribution is 0.372. The van der Waals surface area contributed by atoms with Gasteiger partial charge in [-0.1, -0.05) is 6.92 Å². The lowest BCUT2D eigenvalue weighted by atomic mass is 10.1. The van der Waals surface area contributed by atoms with E-state index in [1.54, 1.807) is 12.1 Å². The number of aryl methyl sites for hydroxylation is 1. The normalized spacial score (nSPS) is 10.5. The van der Waals surface area contributed by atoms with Crippen LogP contribution in [0, 0.1) is 6.92 Å². The van der Waals surface area contributed by atoms with Crippen LogP contribution >= 0.6 is 15.9 Å². The lowest BCUT2D eigenvalue weighted by Crippen LogP contribution is -2.05. The van der Waals surface area contributed by atoms with Gasteiger partial charge < -0.3 is 15.2 Å². The molecule has 0 unspecified atom stereocenters. The minimum atomic E-state index is 0.0667.